The van der Waals surface area contributed by atoms with Gasteiger partial charge in [0.15, 0.2) is 0 Å². The van der Waals surface area contributed by atoms with Gasteiger partial charge in [0.25, 0.3) is 0 Å². The van der Waals surface area contributed by atoms with Gasteiger partial charge in [-0.1, -0.05) is 0 Å². The summed E-state index contributed by atoms with van der Waals surface area (Å²) < 4.78 is 126. The van der Waals surface area contributed by atoms with E-state index in [-0.39, 0.29) is 0 Å². The van der Waals surface area contributed by atoms with E-state index in [2.05, 4.69) is 9.47 Å². The highest BCUT2D eigenvalue weighted by atomic mass is 19.4. The number of rotatable bonds is 7. The van der Waals surface area contributed by atoms with Crippen LogP contribution in [0.1, 0.15) is 0 Å². The summed E-state index contributed by atoms with van der Waals surface area (Å²) in [5.74, 6) is -10.3. The average molecular weight is 326 g/mol. The molecular formula is C8H8F10O2. The van der Waals surface area contributed by atoms with E-state index in [9.17, 15) is 43.9 Å². The van der Waals surface area contributed by atoms with Crippen molar-refractivity contribution in [1.82, 2.24) is 0 Å². The van der Waals surface area contributed by atoms with Gasteiger partial charge in [-0.15, -0.1) is 0 Å². The fourth-order valence-corrected chi connectivity index (χ4v) is 0.682. The molecular weight excluding hydrogens is 318 g/mol. The van der Waals surface area contributed by atoms with Gasteiger partial charge in [-0.2, -0.15) is 43.9 Å². The van der Waals surface area contributed by atoms with E-state index in [4.69, 9.17) is 0 Å². The van der Waals surface area contributed by atoms with Crippen molar-refractivity contribution in [2.75, 3.05) is 26.4 Å². The molecule has 0 fully saturated rings. The fraction of sp³-hybridized carbons (Fsp3) is 1.00. The van der Waals surface area contributed by atoms with Crippen molar-refractivity contribution in [3.63, 3.8) is 0 Å². The van der Waals surface area contributed by atoms with Crippen molar-refractivity contribution in [2.45, 2.75) is 24.2 Å². The second-order valence-electron chi connectivity index (χ2n) is 3.51. The zero-order chi connectivity index (χ0) is 16.2. The molecule has 0 atom stereocenters. The topological polar surface area (TPSA) is 18.5 Å². The quantitative estimate of drug-likeness (QED) is 0.527. The molecule has 0 aliphatic rings. The second kappa shape index (κ2) is 6.33. The molecule has 0 aliphatic heterocycles. The Morgan fingerprint density at radius 1 is 0.500 bits per heavy atom. The van der Waals surface area contributed by atoms with E-state index in [1.54, 1.807) is 0 Å². The highest BCUT2D eigenvalue weighted by Gasteiger charge is 2.58. The molecule has 0 saturated carbocycles. The minimum atomic E-state index is -5.85. The van der Waals surface area contributed by atoms with E-state index >= 15 is 0 Å². The maximum absolute atomic E-state index is 12.2. The molecule has 0 bridgehead atoms. The smallest absolute Gasteiger partial charge is 0.372 e. The Balaban J connectivity index is 3.91. The first-order valence-corrected chi connectivity index (χ1v) is 4.75. The van der Waals surface area contributed by atoms with Crippen molar-refractivity contribution >= 4 is 0 Å². The predicted molar refractivity (Wildman–Crippen MR) is 43.6 cm³/mol. The molecule has 0 heterocycles. The van der Waals surface area contributed by atoms with E-state index in [0.29, 0.717) is 0 Å². The Morgan fingerprint density at radius 2 is 0.750 bits per heavy atom. The van der Waals surface area contributed by atoms with Crippen molar-refractivity contribution in [1.29, 1.82) is 0 Å². The van der Waals surface area contributed by atoms with Crippen LogP contribution >= 0.6 is 0 Å². The van der Waals surface area contributed by atoms with Crippen molar-refractivity contribution in [3.8, 4) is 0 Å². The molecule has 0 N–H and O–H groups in total. The van der Waals surface area contributed by atoms with Gasteiger partial charge >= 0.3 is 24.2 Å². The maximum Gasteiger partial charge on any atom is 0.455 e. The highest BCUT2D eigenvalue weighted by molar-refractivity contribution is 4.75. The molecule has 20 heavy (non-hydrogen) atoms. The van der Waals surface area contributed by atoms with Crippen LogP contribution in [-0.2, 0) is 9.47 Å². The van der Waals surface area contributed by atoms with Crippen LogP contribution in [0.5, 0.6) is 0 Å². The van der Waals surface area contributed by atoms with Gasteiger partial charge in [0.1, 0.15) is 13.2 Å². The van der Waals surface area contributed by atoms with Gasteiger partial charge in [-0.25, -0.2) is 0 Å². The van der Waals surface area contributed by atoms with Crippen molar-refractivity contribution in [3.05, 3.63) is 0 Å². The van der Waals surface area contributed by atoms with Crippen LogP contribution in [0, 0.1) is 0 Å². The minimum Gasteiger partial charge on any atom is -0.372 e. The third-order valence-corrected chi connectivity index (χ3v) is 1.77. The highest BCUT2D eigenvalue weighted by Crippen LogP contribution is 2.36. The Kier molecular flexibility index (Phi) is 6.08. The first kappa shape index (κ1) is 19.2. The number of halogens is 10. The average Bonchev–Trinajstić information content (AvgIpc) is 2.19. The molecule has 0 aromatic heterocycles. The molecule has 0 unspecified atom stereocenters. The van der Waals surface area contributed by atoms with E-state index in [1.165, 1.54) is 0 Å². The lowest BCUT2D eigenvalue weighted by molar-refractivity contribution is -0.302. The van der Waals surface area contributed by atoms with Crippen LogP contribution in [0.4, 0.5) is 43.9 Å². The van der Waals surface area contributed by atoms with Gasteiger partial charge in [0, 0.05) is 0 Å². The summed E-state index contributed by atoms with van der Waals surface area (Å²) in [6, 6.07) is 0. The summed E-state index contributed by atoms with van der Waals surface area (Å²) in [4.78, 5) is 0. The zero-order valence-corrected chi connectivity index (χ0v) is 9.42. The largest absolute Gasteiger partial charge is 0.455 e. The van der Waals surface area contributed by atoms with Gasteiger partial charge in [-0.3, -0.25) is 0 Å². The summed E-state index contributed by atoms with van der Waals surface area (Å²) in [5, 5.41) is 0. The molecule has 122 valence electrons. The standard InChI is InChI=1S/C8H8F10O2/c9-5(10,7(13,14)15)3-19-1-2-20-4-6(11,12)8(16,17)18/h1-4H2. The van der Waals surface area contributed by atoms with Crippen LogP contribution in [0.2, 0.25) is 0 Å². The first-order chi connectivity index (χ1) is 8.71. The lowest BCUT2D eigenvalue weighted by Gasteiger charge is -2.20. The Hall–Kier alpha value is -0.780. The lowest BCUT2D eigenvalue weighted by Crippen LogP contribution is -2.42. The zero-order valence-electron chi connectivity index (χ0n) is 9.42. The van der Waals surface area contributed by atoms with Crippen LogP contribution < -0.4 is 0 Å². The van der Waals surface area contributed by atoms with Gasteiger partial charge < -0.3 is 9.47 Å². The maximum atomic E-state index is 12.2. The monoisotopic (exact) mass is 326 g/mol. The molecule has 0 aliphatic carbocycles. The van der Waals surface area contributed by atoms with Crippen molar-refractivity contribution in [2.24, 2.45) is 0 Å². The van der Waals surface area contributed by atoms with E-state index < -0.39 is 50.6 Å². The lowest BCUT2D eigenvalue weighted by atomic mass is 10.3. The summed E-state index contributed by atoms with van der Waals surface area (Å²) in [7, 11) is 0. The first-order valence-electron chi connectivity index (χ1n) is 4.75. The molecule has 0 radical (unpaired) electrons. The molecule has 12 heteroatoms. The van der Waals surface area contributed by atoms with Gasteiger partial charge in [0.05, 0.1) is 13.2 Å². The summed E-state index contributed by atoms with van der Waals surface area (Å²) in [6.45, 7) is -6.18. The van der Waals surface area contributed by atoms with Crippen LogP contribution in [0.15, 0.2) is 0 Å². The van der Waals surface area contributed by atoms with Gasteiger partial charge in [-0.05, 0) is 0 Å². The predicted octanol–water partition coefficient (Wildman–Crippen LogP) is 3.41. The second-order valence-corrected chi connectivity index (χ2v) is 3.51. The van der Waals surface area contributed by atoms with E-state index in [1.807, 2.05) is 0 Å². The molecule has 0 spiro atoms. The molecule has 2 nitrogen and oxygen atoms in total. The number of hydrogen-bond donors (Lipinski definition) is 0. The Bertz CT molecular complexity index is 265. The Morgan fingerprint density at radius 3 is 0.950 bits per heavy atom. The molecule has 0 aromatic rings. The fourth-order valence-electron chi connectivity index (χ4n) is 0.682. The van der Waals surface area contributed by atoms with Crippen molar-refractivity contribution < 1.29 is 53.4 Å². The normalized spacial score (nSPS) is 14.7. The Labute approximate surface area is 105 Å². The number of ether oxygens (including phenoxy) is 2. The third-order valence-electron chi connectivity index (χ3n) is 1.77. The summed E-state index contributed by atoms with van der Waals surface area (Å²) in [5.41, 5.74) is 0. The SMILES string of the molecule is FC(F)(F)C(F)(F)COCCOCC(F)(F)C(F)(F)F. The third kappa shape index (κ3) is 5.69. The van der Waals surface area contributed by atoms with Crippen LogP contribution in [0.3, 0.4) is 0 Å². The molecule has 0 amide bonds. The van der Waals surface area contributed by atoms with Crippen LogP contribution in [0.25, 0.3) is 0 Å². The number of alkyl halides is 10. The number of hydrogen-bond acceptors (Lipinski definition) is 2. The molecule has 0 rings (SSSR count). The molecule has 0 aromatic carbocycles. The summed E-state index contributed by atoms with van der Waals surface area (Å²) in [6.07, 6.45) is -11.7. The van der Waals surface area contributed by atoms with Gasteiger partial charge in [0.2, 0.25) is 0 Å². The summed E-state index contributed by atoms with van der Waals surface area (Å²) >= 11 is 0. The van der Waals surface area contributed by atoms with Crippen LogP contribution in [-0.4, -0.2) is 50.6 Å². The van der Waals surface area contributed by atoms with E-state index in [0.717, 1.165) is 0 Å². The minimum absolute atomic E-state index is 1.00. The molecule has 0 saturated heterocycles.